The monoisotopic (exact) mass is 212 g/mol. The summed E-state index contributed by atoms with van der Waals surface area (Å²) >= 11 is 0. The van der Waals surface area contributed by atoms with E-state index in [1.54, 1.807) is 7.11 Å². The molecule has 0 aromatic rings. The van der Waals surface area contributed by atoms with E-state index in [2.05, 4.69) is 17.6 Å². The smallest absolute Gasteiger partial charge is 0.224 e. The van der Waals surface area contributed by atoms with Gasteiger partial charge >= 0.3 is 0 Å². The Hall–Kier alpha value is -0.610. The van der Waals surface area contributed by atoms with Gasteiger partial charge in [-0.3, -0.25) is 4.79 Å². The van der Waals surface area contributed by atoms with Crippen molar-refractivity contribution in [2.24, 2.45) is 5.92 Å². The molecule has 1 aliphatic heterocycles. The largest absolute Gasteiger partial charge is 0.381 e. The zero-order chi connectivity index (χ0) is 10.8. The number of methoxy groups -OCH3 is 1. The summed E-state index contributed by atoms with van der Waals surface area (Å²) in [6, 6.07) is 0.665. The predicted molar refractivity (Wildman–Crippen MR) is 57.5 cm³/mol. The molecule has 1 saturated carbocycles. The first-order valence-corrected chi connectivity index (χ1v) is 5.77. The van der Waals surface area contributed by atoms with Crippen molar-refractivity contribution < 1.29 is 9.53 Å². The van der Waals surface area contributed by atoms with Crippen LogP contribution in [0.5, 0.6) is 0 Å². The standard InChI is InChI=1S/C11H20N2O2/c1-7-10(3-4-12-7)11(14)13-8-5-9(6-8)15-2/h7-10,12H,3-6H2,1-2H3,(H,13,14). The minimum atomic E-state index is 0.159. The van der Waals surface area contributed by atoms with E-state index in [-0.39, 0.29) is 11.8 Å². The number of amides is 1. The van der Waals surface area contributed by atoms with Crippen LogP contribution in [0.3, 0.4) is 0 Å². The van der Waals surface area contributed by atoms with Gasteiger partial charge in [-0.2, -0.15) is 0 Å². The van der Waals surface area contributed by atoms with E-state index >= 15 is 0 Å². The third kappa shape index (κ3) is 2.32. The van der Waals surface area contributed by atoms with Gasteiger partial charge in [-0.05, 0) is 32.7 Å². The Morgan fingerprint density at radius 2 is 2.20 bits per heavy atom. The highest BCUT2D eigenvalue weighted by Gasteiger charge is 2.34. The molecule has 2 aliphatic rings. The Morgan fingerprint density at radius 1 is 1.47 bits per heavy atom. The summed E-state index contributed by atoms with van der Waals surface area (Å²) in [6.07, 6.45) is 3.26. The fourth-order valence-corrected chi connectivity index (χ4v) is 2.40. The summed E-state index contributed by atoms with van der Waals surface area (Å²) in [5.41, 5.74) is 0. The molecule has 2 atom stereocenters. The Balaban J connectivity index is 1.73. The molecule has 1 saturated heterocycles. The second-order valence-electron chi connectivity index (χ2n) is 4.67. The minimum absolute atomic E-state index is 0.159. The van der Waals surface area contributed by atoms with Crippen molar-refractivity contribution in [2.45, 2.75) is 44.4 Å². The number of rotatable bonds is 3. The second kappa shape index (κ2) is 4.49. The van der Waals surface area contributed by atoms with Crippen LogP contribution in [0.15, 0.2) is 0 Å². The lowest BCUT2D eigenvalue weighted by molar-refractivity contribution is -0.127. The minimum Gasteiger partial charge on any atom is -0.381 e. The highest BCUT2D eigenvalue weighted by atomic mass is 16.5. The van der Waals surface area contributed by atoms with E-state index in [1.807, 2.05) is 0 Å². The maximum absolute atomic E-state index is 11.9. The molecule has 2 fully saturated rings. The first-order valence-electron chi connectivity index (χ1n) is 5.77. The van der Waals surface area contributed by atoms with Gasteiger partial charge in [0.05, 0.1) is 12.0 Å². The van der Waals surface area contributed by atoms with Crippen molar-refractivity contribution in [3.63, 3.8) is 0 Å². The molecule has 0 aromatic heterocycles. The summed E-state index contributed by atoms with van der Waals surface area (Å²) in [5, 5.41) is 6.39. The predicted octanol–water partition coefficient (Wildman–Crippen LogP) is 0.278. The molecule has 2 N–H and O–H groups in total. The molecule has 0 radical (unpaired) electrons. The average Bonchev–Trinajstić information content (AvgIpc) is 2.56. The van der Waals surface area contributed by atoms with Crippen LogP contribution in [0.2, 0.25) is 0 Å². The first-order chi connectivity index (χ1) is 7.20. The lowest BCUT2D eigenvalue weighted by atomic mass is 9.88. The van der Waals surface area contributed by atoms with E-state index in [0.717, 1.165) is 25.8 Å². The Labute approximate surface area is 90.8 Å². The SMILES string of the molecule is COC1CC(NC(=O)C2CCNC2C)C1. The van der Waals surface area contributed by atoms with Crippen molar-refractivity contribution in [3.05, 3.63) is 0 Å². The molecule has 2 rings (SSSR count). The zero-order valence-corrected chi connectivity index (χ0v) is 9.45. The highest BCUT2D eigenvalue weighted by Crippen LogP contribution is 2.24. The number of carbonyl (C=O) groups excluding carboxylic acids is 1. The molecule has 2 unspecified atom stereocenters. The fraction of sp³-hybridized carbons (Fsp3) is 0.909. The number of hydrogen-bond acceptors (Lipinski definition) is 3. The van der Waals surface area contributed by atoms with E-state index < -0.39 is 0 Å². The molecule has 0 aromatic carbocycles. The molecule has 1 amide bonds. The zero-order valence-electron chi connectivity index (χ0n) is 9.45. The van der Waals surface area contributed by atoms with Gasteiger partial charge in [-0.15, -0.1) is 0 Å². The lowest BCUT2D eigenvalue weighted by Gasteiger charge is -2.35. The van der Waals surface area contributed by atoms with Gasteiger partial charge in [-0.25, -0.2) is 0 Å². The van der Waals surface area contributed by atoms with Gasteiger partial charge in [-0.1, -0.05) is 0 Å². The number of hydrogen-bond donors (Lipinski definition) is 2. The van der Waals surface area contributed by atoms with Crippen LogP contribution in [0, 0.1) is 5.92 Å². The molecule has 15 heavy (non-hydrogen) atoms. The summed E-state index contributed by atoms with van der Waals surface area (Å²) < 4.78 is 5.18. The molecular formula is C11H20N2O2. The maximum atomic E-state index is 11.9. The Morgan fingerprint density at radius 3 is 2.73 bits per heavy atom. The van der Waals surface area contributed by atoms with Gasteiger partial charge in [0, 0.05) is 19.2 Å². The number of carbonyl (C=O) groups is 1. The fourth-order valence-electron chi connectivity index (χ4n) is 2.40. The molecule has 86 valence electrons. The Bertz CT molecular complexity index is 239. The number of ether oxygens (including phenoxy) is 1. The second-order valence-corrected chi connectivity index (χ2v) is 4.67. The van der Waals surface area contributed by atoms with Crippen molar-refractivity contribution in [3.8, 4) is 0 Å². The van der Waals surface area contributed by atoms with Crippen LogP contribution in [-0.2, 0) is 9.53 Å². The van der Waals surface area contributed by atoms with Crippen LogP contribution < -0.4 is 10.6 Å². The van der Waals surface area contributed by atoms with Gasteiger partial charge in [0.25, 0.3) is 0 Å². The molecule has 0 bridgehead atoms. The van der Waals surface area contributed by atoms with Crippen molar-refractivity contribution in [1.82, 2.24) is 10.6 Å². The highest BCUT2D eigenvalue weighted by molar-refractivity contribution is 5.80. The lowest BCUT2D eigenvalue weighted by Crippen LogP contribution is -2.50. The number of nitrogens with one attached hydrogen (secondary N) is 2. The molecule has 0 spiro atoms. The van der Waals surface area contributed by atoms with Crippen LogP contribution in [0.4, 0.5) is 0 Å². The third-order valence-electron chi connectivity index (χ3n) is 3.64. The van der Waals surface area contributed by atoms with E-state index in [9.17, 15) is 4.79 Å². The van der Waals surface area contributed by atoms with Crippen LogP contribution in [-0.4, -0.2) is 37.7 Å². The van der Waals surface area contributed by atoms with Crippen molar-refractivity contribution in [2.75, 3.05) is 13.7 Å². The van der Waals surface area contributed by atoms with Gasteiger partial charge in [0.2, 0.25) is 5.91 Å². The normalized spacial score (nSPS) is 39.9. The molecule has 4 nitrogen and oxygen atoms in total. The maximum Gasteiger partial charge on any atom is 0.224 e. The summed E-state index contributed by atoms with van der Waals surface area (Å²) in [4.78, 5) is 11.9. The average molecular weight is 212 g/mol. The van der Waals surface area contributed by atoms with Crippen LogP contribution in [0.1, 0.15) is 26.2 Å². The molecule has 1 heterocycles. The van der Waals surface area contributed by atoms with Crippen LogP contribution >= 0.6 is 0 Å². The van der Waals surface area contributed by atoms with Crippen molar-refractivity contribution >= 4 is 5.91 Å². The molecule has 1 aliphatic carbocycles. The molecule has 4 heteroatoms. The van der Waals surface area contributed by atoms with Gasteiger partial charge in [0.15, 0.2) is 0 Å². The summed E-state index contributed by atoms with van der Waals surface area (Å²) in [5.74, 6) is 0.374. The first kappa shape index (κ1) is 10.9. The van der Waals surface area contributed by atoms with Gasteiger partial charge < -0.3 is 15.4 Å². The van der Waals surface area contributed by atoms with E-state index in [4.69, 9.17) is 4.74 Å². The summed E-state index contributed by atoms with van der Waals surface area (Å²) in [7, 11) is 1.73. The Kier molecular flexibility index (Phi) is 3.26. The van der Waals surface area contributed by atoms with Crippen molar-refractivity contribution in [1.29, 1.82) is 0 Å². The van der Waals surface area contributed by atoms with E-state index in [1.165, 1.54) is 0 Å². The molecular weight excluding hydrogens is 192 g/mol. The quantitative estimate of drug-likeness (QED) is 0.706. The topological polar surface area (TPSA) is 50.4 Å². The summed E-state index contributed by atoms with van der Waals surface area (Å²) in [6.45, 7) is 3.04. The van der Waals surface area contributed by atoms with E-state index in [0.29, 0.717) is 18.2 Å². The van der Waals surface area contributed by atoms with Gasteiger partial charge in [0.1, 0.15) is 0 Å². The van der Waals surface area contributed by atoms with Crippen LogP contribution in [0.25, 0.3) is 0 Å². The third-order valence-corrected chi connectivity index (χ3v) is 3.64.